The van der Waals surface area contributed by atoms with E-state index in [1.807, 2.05) is 62.2 Å². The third kappa shape index (κ3) is 5.41. The Labute approximate surface area is 179 Å². The van der Waals surface area contributed by atoms with Crippen LogP contribution in [0.2, 0.25) is 0 Å². The molecule has 0 heterocycles. The van der Waals surface area contributed by atoms with Gasteiger partial charge in [-0.25, -0.2) is 0 Å². The van der Waals surface area contributed by atoms with Crippen LogP contribution in [0.25, 0.3) is 0 Å². The first-order chi connectivity index (χ1) is 14.5. The molecule has 1 N–H and O–H groups in total. The van der Waals surface area contributed by atoms with Gasteiger partial charge in [-0.05, 0) is 56.0 Å². The van der Waals surface area contributed by atoms with Crippen molar-refractivity contribution in [2.24, 2.45) is 0 Å². The molecule has 0 aliphatic heterocycles. The summed E-state index contributed by atoms with van der Waals surface area (Å²) in [4.78, 5) is 27.9. The smallest absolute Gasteiger partial charge is 0.265 e. The van der Waals surface area contributed by atoms with Crippen molar-refractivity contribution in [1.82, 2.24) is 4.90 Å². The van der Waals surface area contributed by atoms with E-state index in [0.29, 0.717) is 23.4 Å². The summed E-state index contributed by atoms with van der Waals surface area (Å²) >= 11 is 0. The molecule has 1 aliphatic rings. The van der Waals surface area contributed by atoms with Gasteiger partial charge in [0.15, 0.2) is 6.10 Å². The summed E-state index contributed by atoms with van der Waals surface area (Å²) in [7, 11) is 1.87. The summed E-state index contributed by atoms with van der Waals surface area (Å²) in [6, 6.07) is 15.1. The number of benzene rings is 2. The number of rotatable bonds is 7. The van der Waals surface area contributed by atoms with Crippen molar-refractivity contribution in [3.63, 3.8) is 0 Å². The molecule has 1 aliphatic carbocycles. The largest absolute Gasteiger partial charge is 0.481 e. The zero-order chi connectivity index (χ0) is 21.5. The fourth-order valence-corrected chi connectivity index (χ4v) is 3.99. The summed E-state index contributed by atoms with van der Waals surface area (Å²) in [5, 5.41) is 2.92. The first-order valence-electron chi connectivity index (χ1n) is 10.9. The van der Waals surface area contributed by atoms with Crippen LogP contribution in [0.3, 0.4) is 0 Å². The van der Waals surface area contributed by atoms with Crippen LogP contribution in [0.4, 0.5) is 5.69 Å². The molecule has 0 aromatic heterocycles. The molecule has 160 valence electrons. The zero-order valence-electron chi connectivity index (χ0n) is 18.2. The van der Waals surface area contributed by atoms with Gasteiger partial charge in [0.1, 0.15) is 5.75 Å². The van der Waals surface area contributed by atoms with Crippen molar-refractivity contribution in [3.8, 4) is 5.75 Å². The lowest BCUT2D eigenvalue weighted by atomic mass is 9.94. The van der Waals surface area contributed by atoms with Gasteiger partial charge in [0.2, 0.25) is 0 Å². The molecule has 30 heavy (non-hydrogen) atoms. The highest BCUT2D eigenvalue weighted by Gasteiger charge is 2.26. The highest BCUT2D eigenvalue weighted by atomic mass is 16.5. The van der Waals surface area contributed by atoms with Crippen LogP contribution in [0.5, 0.6) is 5.75 Å². The predicted octanol–water partition coefficient (Wildman–Crippen LogP) is 5.20. The van der Waals surface area contributed by atoms with Gasteiger partial charge in [-0.15, -0.1) is 0 Å². The normalized spacial score (nSPS) is 15.3. The number of carbonyl (C=O) groups is 2. The second-order valence-corrected chi connectivity index (χ2v) is 8.07. The number of carbonyl (C=O) groups excluding carboxylic acids is 2. The minimum Gasteiger partial charge on any atom is -0.481 e. The molecular weight excluding hydrogens is 376 g/mol. The topological polar surface area (TPSA) is 58.6 Å². The van der Waals surface area contributed by atoms with E-state index in [1.54, 1.807) is 12.1 Å². The van der Waals surface area contributed by atoms with Gasteiger partial charge in [0.25, 0.3) is 11.8 Å². The van der Waals surface area contributed by atoms with Gasteiger partial charge >= 0.3 is 0 Å². The summed E-state index contributed by atoms with van der Waals surface area (Å²) in [5.41, 5.74) is 2.12. The van der Waals surface area contributed by atoms with Gasteiger partial charge in [0.05, 0.1) is 11.3 Å². The monoisotopic (exact) mass is 408 g/mol. The van der Waals surface area contributed by atoms with Crippen molar-refractivity contribution < 1.29 is 14.3 Å². The van der Waals surface area contributed by atoms with Crippen molar-refractivity contribution in [2.45, 2.75) is 64.5 Å². The molecule has 0 bridgehead atoms. The molecule has 1 fully saturated rings. The Morgan fingerprint density at radius 3 is 2.53 bits per heavy atom. The van der Waals surface area contributed by atoms with Gasteiger partial charge in [-0.2, -0.15) is 0 Å². The summed E-state index contributed by atoms with van der Waals surface area (Å²) in [5.74, 6) is 0.364. The maximum Gasteiger partial charge on any atom is 0.265 e. The van der Waals surface area contributed by atoms with Gasteiger partial charge in [-0.1, -0.05) is 50.5 Å². The third-order valence-electron chi connectivity index (χ3n) is 5.79. The van der Waals surface area contributed by atoms with Crippen LogP contribution in [0.1, 0.15) is 61.4 Å². The SMILES string of the molecule is CC[C@@H](Oc1cccc(C)c1)C(=O)Nc1ccccc1C(=O)N(C)C1CCCCC1. The van der Waals surface area contributed by atoms with E-state index in [4.69, 9.17) is 4.74 Å². The number of anilines is 1. The van der Waals surface area contributed by atoms with Gasteiger partial charge < -0.3 is 15.0 Å². The van der Waals surface area contributed by atoms with E-state index in [9.17, 15) is 9.59 Å². The van der Waals surface area contributed by atoms with Gasteiger partial charge in [-0.3, -0.25) is 9.59 Å². The van der Waals surface area contributed by atoms with Crippen LogP contribution in [0, 0.1) is 6.92 Å². The number of nitrogens with one attached hydrogen (secondary N) is 1. The lowest BCUT2D eigenvalue weighted by Gasteiger charge is -2.31. The second-order valence-electron chi connectivity index (χ2n) is 8.07. The van der Waals surface area contributed by atoms with E-state index >= 15 is 0 Å². The average Bonchev–Trinajstić information content (AvgIpc) is 2.77. The van der Waals surface area contributed by atoms with Crippen LogP contribution >= 0.6 is 0 Å². The molecule has 5 nitrogen and oxygen atoms in total. The molecule has 2 amide bonds. The Morgan fingerprint density at radius 2 is 1.83 bits per heavy atom. The van der Waals surface area contributed by atoms with Crippen molar-refractivity contribution in [1.29, 1.82) is 0 Å². The van der Waals surface area contributed by atoms with Crippen molar-refractivity contribution >= 4 is 17.5 Å². The number of nitrogens with zero attached hydrogens (tertiary/aromatic N) is 1. The Balaban J connectivity index is 1.72. The summed E-state index contributed by atoms with van der Waals surface area (Å²) in [6.45, 7) is 3.90. The van der Waals surface area contributed by atoms with Crippen LogP contribution in [0.15, 0.2) is 48.5 Å². The van der Waals surface area contributed by atoms with Gasteiger partial charge in [0, 0.05) is 13.1 Å². The highest BCUT2D eigenvalue weighted by molar-refractivity contribution is 6.04. The minimum atomic E-state index is -0.633. The molecule has 0 radical (unpaired) electrons. The van der Waals surface area contributed by atoms with Crippen LogP contribution in [-0.2, 0) is 4.79 Å². The number of hydrogen-bond donors (Lipinski definition) is 1. The number of hydrogen-bond acceptors (Lipinski definition) is 3. The lowest BCUT2D eigenvalue weighted by molar-refractivity contribution is -0.122. The van der Waals surface area contributed by atoms with Crippen LogP contribution < -0.4 is 10.1 Å². The molecular formula is C25H32N2O3. The number of amides is 2. The summed E-state index contributed by atoms with van der Waals surface area (Å²) in [6.07, 6.45) is 5.54. The minimum absolute atomic E-state index is 0.0505. The second kappa shape index (κ2) is 10.3. The highest BCUT2D eigenvalue weighted by Crippen LogP contribution is 2.25. The van der Waals surface area contributed by atoms with Crippen LogP contribution in [-0.4, -0.2) is 35.9 Å². The Morgan fingerprint density at radius 1 is 1.10 bits per heavy atom. The molecule has 5 heteroatoms. The first kappa shape index (κ1) is 21.9. The quantitative estimate of drug-likeness (QED) is 0.685. The summed E-state index contributed by atoms with van der Waals surface area (Å²) < 4.78 is 5.91. The fraction of sp³-hybridized carbons (Fsp3) is 0.440. The van der Waals surface area contributed by atoms with E-state index in [-0.39, 0.29) is 17.9 Å². The molecule has 2 aromatic carbocycles. The van der Waals surface area contributed by atoms with Crippen molar-refractivity contribution in [2.75, 3.05) is 12.4 Å². The average molecular weight is 409 g/mol. The molecule has 0 spiro atoms. The Hall–Kier alpha value is -2.82. The molecule has 1 atom stereocenters. The molecule has 1 saturated carbocycles. The molecule has 0 unspecified atom stereocenters. The van der Waals surface area contributed by atoms with Crippen molar-refractivity contribution in [3.05, 3.63) is 59.7 Å². The predicted molar refractivity (Wildman–Crippen MR) is 120 cm³/mol. The maximum atomic E-state index is 13.2. The molecule has 0 saturated heterocycles. The third-order valence-corrected chi connectivity index (χ3v) is 5.79. The number of ether oxygens (including phenoxy) is 1. The van der Waals surface area contributed by atoms with E-state index in [1.165, 1.54) is 6.42 Å². The molecule has 3 rings (SSSR count). The number of aryl methyl sites for hydroxylation is 1. The van der Waals surface area contributed by atoms with E-state index in [0.717, 1.165) is 31.2 Å². The Kier molecular flexibility index (Phi) is 7.50. The maximum absolute atomic E-state index is 13.2. The lowest BCUT2D eigenvalue weighted by Crippen LogP contribution is -2.39. The molecule has 2 aromatic rings. The number of para-hydroxylation sites is 1. The Bertz CT molecular complexity index is 874. The first-order valence-corrected chi connectivity index (χ1v) is 10.9. The van der Waals surface area contributed by atoms with E-state index in [2.05, 4.69) is 5.32 Å². The van der Waals surface area contributed by atoms with E-state index < -0.39 is 6.10 Å². The standard InChI is InChI=1S/C25H32N2O3/c1-4-23(30-20-14-10-11-18(2)17-20)24(28)26-22-16-9-8-15-21(22)25(29)27(3)19-12-6-5-7-13-19/h8-11,14-17,19,23H,4-7,12-13H2,1-3H3,(H,26,28)/t23-/m1/s1. The zero-order valence-corrected chi connectivity index (χ0v) is 18.2. The fourth-order valence-electron chi connectivity index (χ4n) is 3.99.